The highest BCUT2D eigenvalue weighted by molar-refractivity contribution is 7.13. The quantitative estimate of drug-likeness (QED) is 0.549. The molecule has 0 spiro atoms. The minimum Gasteiger partial charge on any atom is -0.495 e. The summed E-state index contributed by atoms with van der Waals surface area (Å²) in [6.07, 6.45) is 0.943. The Morgan fingerprint density at radius 2 is 1.73 bits per heavy atom. The fourth-order valence-electron chi connectivity index (χ4n) is 3.74. The molecule has 172 valence electrons. The fraction of sp³-hybridized carbons (Fsp3) is 0.292. The van der Waals surface area contributed by atoms with E-state index in [-0.39, 0.29) is 11.9 Å². The van der Waals surface area contributed by atoms with E-state index in [9.17, 15) is 9.59 Å². The zero-order chi connectivity index (χ0) is 23.0. The lowest BCUT2D eigenvalue weighted by Gasteiger charge is -2.36. The van der Waals surface area contributed by atoms with Gasteiger partial charge in [-0.1, -0.05) is 30.3 Å². The van der Waals surface area contributed by atoms with Crippen LogP contribution in [0.1, 0.15) is 12.1 Å². The van der Waals surface area contributed by atoms with Crippen LogP contribution in [-0.2, 0) is 11.2 Å². The van der Waals surface area contributed by atoms with Gasteiger partial charge in [-0.3, -0.25) is 10.1 Å². The second kappa shape index (κ2) is 10.8. The van der Waals surface area contributed by atoms with Gasteiger partial charge in [0.05, 0.1) is 18.5 Å². The minimum absolute atomic E-state index is 0.124. The van der Waals surface area contributed by atoms with Crippen LogP contribution in [0.3, 0.4) is 0 Å². The molecular weight excluding hydrogens is 438 g/mol. The van der Waals surface area contributed by atoms with Gasteiger partial charge in [-0.2, -0.15) is 0 Å². The summed E-state index contributed by atoms with van der Waals surface area (Å²) in [5.41, 5.74) is 2.57. The van der Waals surface area contributed by atoms with Gasteiger partial charge in [0, 0.05) is 43.7 Å². The molecule has 1 fully saturated rings. The van der Waals surface area contributed by atoms with Crippen LogP contribution in [0.5, 0.6) is 5.75 Å². The van der Waals surface area contributed by atoms with Gasteiger partial charge in [-0.15, -0.1) is 11.3 Å². The van der Waals surface area contributed by atoms with E-state index in [1.54, 1.807) is 7.11 Å². The molecule has 33 heavy (non-hydrogen) atoms. The van der Waals surface area contributed by atoms with Crippen LogP contribution in [0.2, 0.25) is 0 Å². The molecule has 3 amide bonds. The minimum atomic E-state index is -0.342. The maximum atomic E-state index is 12.7. The van der Waals surface area contributed by atoms with Crippen LogP contribution in [0, 0.1) is 0 Å². The van der Waals surface area contributed by atoms with E-state index < -0.39 is 0 Å². The maximum absolute atomic E-state index is 12.7. The molecule has 0 saturated carbocycles. The van der Waals surface area contributed by atoms with Crippen LogP contribution in [0.25, 0.3) is 0 Å². The summed E-state index contributed by atoms with van der Waals surface area (Å²) in [6.45, 7) is 2.90. The van der Waals surface area contributed by atoms with Crippen molar-refractivity contribution < 1.29 is 14.3 Å². The summed E-state index contributed by atoms with van der Waals surface area (Å²) in [6, 6.07) is 16.8. The predicted octanol–water partition coefficient (Wildman–Crippen LogP) is 4.08. The molecule has 0 aliphatic carbocycles. The van der Waals surface area contributed by atoms with E-state index in [1.807, 2.05) is 64.9 Å². The highest BCUT2D eigenvalue weighted by Gasteiger charge is 2.22. The third kappa shape index (κ3) is 6.01. The van der Waals surface area contributed by atoms with Gasteiger partial charge in [-0.25, -0.2) is 9.78 Å². The van der Waals surface area contributed by atoms with Crippen LogP contribution >= 0.6 is 11.3 Å². The van der Waals surface area contributed by atoms with E-state index in [0.29, 0.717) is 36.8 Å². The third-order valence-corrected chi connectivity index (χ3v) is 6.26. The van der Waals surface area contributed by atoms with Crippen molar-refractivity contribution in [2.45, 2.75) is 12.8 Å². The lowest BCUT2D eigenvalue weighted by atomic mass is 10.2. The highest BCUT2D eigenvalue weighted by Crippen LogP contribution is 2.28. The maximum Gasteiger partial charge on any atom is 0.325 e. The summed E-state index contributed by atoms with van der Waals surface area (Å²) < 4.78 is 5.46. The first-order valence-electron chi connectivity index (χ1n) is 10.9. The highest BCUT2D eigenvalue weighted by atomic mass is 32.1. The van der Waals surface area contributed by atoms with Gasteiger partial charge in [0.25, 0.3) is 0 Å². The van der Waals surface area contributed by atoms with Gasteiger partial charge in [0.2, 0.25) is 5.91 Å². The summed E-state index contributed by atoms with van der Waals surface area (Å²) in [7, 11) is 1.67. The molecule has 8 nitrogen and oxygen atoms in total. The molecule has 1 aromatic heterocycles. The molecule has 1 saturated heterocycles. The number of rotatable bonds is 7. The number of anilines is 3. The Morgan fingerprint density at radius 3 is 2.48 bits per heavy atom. The topological polar surface area (TPSA) is 86.8 Å². The predicted molar refractivity (Wildman–Crippen MR) is 131 cm³/mol. The third-order valence-electron chi connectivity index (χ3n) is 5.46. The molecule has 2 heterocycles. The molecule has 2 aromatic carbocycles. The number of benzene rings is 2. The van der Waals surface area contributed by atoms with E-state index in [2.05, 4.69) is 20.5 Å². The molecule has 1 aliphatic rings. The average Bonchev–Trinajstić information content (AvgIpc) is 3.30. The Kier molecular flexibility index (Phi) is 7.41. The Bertz CT molecular complexity index is 1080. The Balaban J connectivity index is 1.22. The number of para-hydroxylation sites is 3. The molecular formula is C24H27N5O3S. The van der Waals surface area contributed by atoms with Crippen LogP contribution in [0.4, 0.5) is 21.3 Å². The second-order valence-corrected chi connectivity index (χ2v) is 8.49. The van der Waals surface area contributed by atoms with Gasteiger partial charge >= 0.3 is 6.03 Å². The number of urea groups is 1. The number of carbonyl (C=O) groups is 2. The molecule has 4 rings (SSSR count). The molecule has 0 bridgehead atoms. The normalized spacial score (nSPS) is 13.5. The monoisotopic (exact) mass is 465 g/mol. The number of carbonyl (C=O) groups excluding carboxylic acids is 2. The number of methoxy groups -OCH3 is 1. The number of hydrogen-bond donors (Lipinski definition) is 2. The van der Waals surface area contributed by atoms with Gasteiger partial charge < -0.3 is 19.9 Å². The van der Waals surface area contributed by atoms with E-state index in [4.69, 9.17) is 4.74 Å². The van der Waals surface area contributed by atoms with Crippen molar-refractivity contribution in [2.75, 3.05) is 48.8 Å². The fourth-order valence-corrected chi connectivity index (χ4v) is 4.48. The summed E-state index contributed by atoms with van der Waals surface area (Å²) in [5, 5.41) is 7.89. The van der Waals surface area contributed by atoms with Crippen molar-refractivity contribution >= 4 is 39.8 Å². The zero-order valence-electron chi connectivity index (χ0n) is 18.5. The number of aromatic nitrogens is 1. The number of ether oxygens (including phenoxy) is 1. The first kappa shape index (κ1) is 22.6. The molecule has 1 aliphatic heterocycles. The average molecular weight is 466 g/mol. The summed E-state index contributed by atoms with van der Waals surface area (Å²) >= 11 is 1.35. The number of amides is 3. The van der Waals surface area contributed by atoms with E-state index >= 15 is 0 Å². The number of piperazine rings is 1. The smallest absolute Gasteiger partial charge is 0.325 e. The standard InChI is InChI=1S/C24H27N5O3S/c1-32-21-10-6-5-9-20(21)28-13-15-29(16-14-28)22(30)12-11-19-17-33-24(26-19)27-23(31)25-18-7-3-2-4-8-18/h2-10,17H,11-16H2,1H3,(H2,25,26,27,31). The van der Waals surface area contributed by atoms with Crippen molar-refractivity contribution in [1.29, 1.82) is 0 Å². The number of nitrogens with zero attached hydrogens (tertiary/aromatic N) is 3. The van der Waals surface area contributed by atoms with Gasteiger partial charge in [0.15, 0.2) is 5.13 Å². The van der Waals surface area contributed by atoms with Gasteiger partial charge in [-0.05, 0) is 30.7 Å². The Hall–Kier alpha value is -3.59. The first-order valence-corrected chi connectivity index (χ1v) is 11.7. The lowest BCUT2D eigenvalue weighted by molar-refractivity contribution is -0.131. The summed E-state index contributed by atoms with van der Waals surface area (Å²) in [4.78, 5) is 33.4. The lowest BCUT2D eigenvalue weighted by Crippen LogP contribution is -2.48. The summed E-state index contributed by atoms with van der Waals surface area (Å²) in [5.74, 6) is 0.974. The Morgan fingerprint density at radius 1 is 1.00 bits per heavy atom. The SMILES string of the molecule is COc1ccccc1N1CCN(C(=O)CCc2csc(NC(=O)Nc3ccccc3)n2)CC1. The van der Waals surface area contributed by atoms with Gasteiger partial charge in [0.1, 0.15) is 5.75 Å². The molecule has 3 aromatic rings. The van der Waals surface area contributed by atoms with Crippen LogP contribution < -0.4 is 20.3 Å². The molecule has 2 N–H and O–H groups in total. The molecule has 0 unspecified atom stereocenters. The largest absolute Gasteiger partial charge is 0.495 e. The van der Waals surface area contributed by atoms with E-state index in [1.165, 1.54) is 11.3 Å². The van der Waals surface area contributed by atoms with Crippen LogP contribution in [-0.4, -0.2) is 55.1 Å². The zero-order valence-corrected chi connectivity index (χ0v) is 19.3. The van der Waals surface area contributed by atoms with E-state index in [0.717, 1.165) is 30.2 Å². The molecule has 0 atom stereocenters. The van der Waals surface area contributed by atoms with Crippen molar-refractivity contribution in [2.24, 2.45) is 0 Å². The number of aryl methyl sites for hydroxylation is 1. The van der Waals surface area contributed by atoms with Crippen molar-refractivity contribution in [3.63, 3.8) is 0 Å². The molecule has 9 heteroatoms. The number of thiazole rings is 1. The number of hydrogen-bond acceptors (Lipinski definition) is 6. The van der Waals surface area contributed by atoms with Crippen LogP contribution in [0.15, 0.2) is 60.0 Å². The number of nitrogens with one attached hydrogen (secondary N) is 2. The molecule has 0 radical (unpaired) electrons. The first-order chi connectivity index (χ1) is 16.1. The van der Waals surface area contributed by atoms with Crippen molar-refractivity contribution in [3.8, 4) is 5.75 Å². The Labute approximate surface area is 197 Å². The second-order valence-electron chi connectivity index (χ2n) is 7.63. The van der Waals surface area contributed by atoms with Crippen molar-refractivity contribution in [1.82, 2.24) is 9.88 Å². The van der Waals surface area contributed by atoms with Crippen molar-refractivity contribution in [3.05, 3.63) is 65.7 Å².